The van der Waals surface area contributed by atoms with Crippen LogP contribution in [0.5, 0.6) is 0 Å². The predicted molar refractivity (Wildman–Crippen MR) is 66.4 cm³/mol. The van der Waals surface area contributed by atoms with Gasteiger partial charge in [-0.3, -0.25) is 4.79 Å². The van der Waals surface area contributed by atoms with Gasteiger partial charge in [-0.15, -0.1) is 0 Å². The van der Waals surface area contributed by atoms with Gasteiger partial charge in [0, 0.05) is 5.70 Å². The zero-order valence-electron chi connectivity index (χ0n) is 10.6. The fraction of sp³-hybridized carbons (Fsp3) is 0.615. The number of carbonyl (C=O) groups is 1. The first-order chi connectivity index (χ1) is 8.69. The highest BCUT2D eigenvalue weighted by molar-refractivity contribution is 5.81. The summed E-state index contributed by atoms with van der Waals surface area (Å²) in [5, 5.41) is 6.24. The molecule has 0 aromatic rings. The van der Waals surface area contributed by atoms with Crippen molar-refractivity contribution in [3.05, 3.63) is 23.7 Å². The number of hydrogen-bond donors (Lipinski definition) is 2. The molecule has 0 spiro atoms. The van der Waals surface area contributed by atoms with Gasteiger partial charge in [-0.05, 0) is 45.0 Å². The largest absolute Gasteiger partial charge is 0.465 e. The first-order valence-electron chi connectivity index (χ1n) is 6.38. The molecule has 0 aliphatic carbocycles. The summed E-state index contributed by atoms with van der Waals surface area (Å²) in [7, 11) is 0. The van der Waals surface area contributed by atoms with Crippen molar-refractivity contribution in [2.24, 2.45) is 5.41 Å². The van der Waals surface area contributed by atoms with Crippen molar-refractivity contribution < 1.29 is 13.9 Å². The second-order valence-corrected chi connectivity index (χ2v) is 4.60. The summed E-state index contributed by atoms with van der Waals surface area (Å²) >= 11 is 0. The molecule has 1 fully saturated rings. The van der Waals surface area contributed by atoms with Crippen molar-refractivity contribution in [3.63, 3.8) is 0 Å². The maximum absolute atomic E-state index is 13.0. The van der Waals surface area contributed by atoms with Gasteiger partial charge >= 0.3 is 5.97 Å². The van der Waals surface area contributed by atoms with Crippen LogP contribution in [0.1, 0.15) is 19.8 Å². The Kier molecular flexibility index (Phi) is 4.01. The standard InChI is InChI=1S/C13H19FN2O2/c1-2-18-12(17)13(5-7-15-8-6-13)11-4-3-10(14)9-16-11/h3-4,15-16H,2,5-9H2,1H3. The maximum atomic E-state index is 13.0. The Labute approximate surface area is 106 Å². The van der Waals surface area contributed by atoms with Gasteiger partial charge in [-0.25, -0.2) is 4.39 Å². The van der Waals surface area contributed by atoms with Gasteiger partial charge in [0.05, 0.1) is 13.2 Å². The second-order valence-electron chi connectivity index (χ2n) is 4.60. The van der Waals surface area contributed by atoms with E-state index >= 15 is 0 Å². The van der Waals surface area contributed by atoms with Crippen LogP contribution in [-0.4, -0.2) is 32.2 Å². The van der Waals surface area contributed by atoms with Gasteiger partial charge < -0.3 is 15.4 Å². The Hall–Kier alpha value is -1.36. The monoisotopic (exact) mass is 254 g/mol. The van der Waals surface area contributed by atoms with Crippen LogP contribution in [0.4, 0.5) is 4.39 Å². The molecule has 100 valence electrons. The fourth-order valence-electron chi connectivity index (χ4n) is 2.51. The lowest BCUT2D eigenvalue weighted by atomic mass is 9.75. The zero-order chi connectivity index (χ0) is 13.0. The first-order valence-corrected chi connectivity index (χ1v) is 6.38. The van der Waals surface area contributed by atoms with Crippen LogP contribution in [0.15, 0.2) is 23.7 Å². The third-order valence-corrected chi connectivity index (χ3v) is 3.52. The molecule has 2 aliphatic rings. The number of allylic oxidation sites excluding steroid dienone is 2. The summed E-state index contributed by atoms with van der Waals surface area (Å²) in [5.74, 6) is -0.423. The summed E-state index contributed by atoms with van der Waals surface area (Å²) in [6, 6.07) is 0. The van der Waals surface area contributed by atoms with Gasteiger partial charge in [-0.1, -0.05) is 0 Å². The zero-order valence-corrected chi connectivity index (χ0v) is 10.6. The molecule has 0 bridgehead atoms. The van der Waals surface area contributed by atoms with Crippen molar-refractivity contribution in [2.75, 3.05) is 26.2 Å². The first kappa shape index (κ1) is 13.1. The molecule has 2 N–H and O–H groups in total. The van der Waals surface area contributed by atoms with Crippen molar-refractivity contribution in [2.45, 2.75) is 19.8 Å². The molecule has 5 heteroatoms. The van der Waals surface area contributed by atoms with Crippen LogP contribution in [0.2, 0.25) is 0 Å². The highest BCUT2D eigenvalue weighted by atomic mass is 19.1. The average molecular weight is 254 g/mol. The number of nitrogens with one attached hydrogen (secondary N) is 2. The Morgan fingerprint density at radius 1 is 1.44 bits per heavy atom. The number of dihydropyridines is 1. The lowest BCUT2D eigenvalue weighted by Crippen LogP contribution is -2.48. The number of esters is 1. The van der Waals surface area contributed by atoms with E-state index in [2.05, 4.69) is 10.6 Å². The number of rotatable bonds is 3. The molecule has 2 rings (SSSR count). The summed E-state index contributed by atoms with van der Waals surface area (Å²) in [5.41, 5.74) is 0.141. The van der Waals surface area contributed by atoms with Gasteiger partial charge in [0.15, 0.2) is 0 Å². The molecule has 4 nitrogen and oxygen atoms in total. The minimum absolute atomic E-state index is 0.153. The third kappa shape index (κ3) is 2.41. The summed E-state index contributed by atoms with van der Waals surface area (Å²) in [6.07, 6.45) is 4.45. The fourth-order valence-corrected chi connectivity index (χ4v) is 2.51. The third-order valence-electron chi connectivity index (χ3n) is 3.52. The predicted octanol–water partition coefficient (Wildman–Crippen LogP) is 1.26. The van der Waals surface area contributed by atoms with Crippen molar-refractivity contribution in [1.82, 2.24) is 10.6 Å². The van der Waals surface area contributed by atoms with E-state index in [-0.39, 0.29) is 18.3 Å². The number of piperidine rings is 1. The van der Waals surface area contributed by atoms with E-state index in [0.29, 0.717) is 19.4 Å². The van der Waals surface area contributed by atoms with Crippen molar-refractivity contribution >= 4 is 5.97 Å². The van der Waals surface area contributed by atoms with Gasteiger partial charge in [0.2, 0.25) is 0 Å². The normalized spacial score (nSPS) is 22.6. The average Bonchev–Trinajstić information content (AvgIpc) is 2.40. The Balaban J connectivity index is 2.27. The van der Waals surface area contributed by atoms with E-state index in [1.165, 1.54) is 6.08 Å². The summed E-state index contributed by atoms with van der Waals surface area (Å²) < 4.78 is 18.2. The minimum Gasteiger partial charge on any atom is -0.465 e. The van der Waals surface area contributed by atoms with Gasteiger partial charge in [0.25, 0.3) is 0 Å². The summed E-state index contributed by atoms with van der Waals surface area (Å²) in [4.78, 5) is 12.3. The molecule has 0 saturated carbocycles. The molecule has 2 aliphatic heterocycles. The molecule has 2 heterocycles. The van der Waals surface area contributed by atoms with E-state index in [9.17, 15) is 9.18 Å². The van der Waals surface area contributed by atoms with E-state index in [1.54, 1.807) is 13.0 Å². The van der Waals surface area contributed by atoms with E-state index in [4.69, 9.17) is 4.74 Å². The topological polar surface area (TPSA) is 50.4 Å². The van der Waals surface area contributed by atoms with Crippen LogP contribution in [0.3, 0.4) is 0 Å². The summed E-state index contributed by atoms with van der Waals surface area (Å²) in [6.45, 7) is 3.86. The SMILES string of the molecule is CCOC(=O)C1(C2=CC=C(F)CN2)CCNCC1. The lowest BCUT2D eigenvalue weighted by Gasteiger charge is -2.38. The number of halogens is 1. The number of carbonyl (C=O) groups excluding carboxylic acids is 1. The van der Waals surface area contributed by atoms with Crippen LogP contribution < -0.4 is 10.6 Å². The lowest BCUT2D eigenvalue weighted by molar-refractivity contribution is -0.154. The smallest absolute Gasteiger partial charge is 0.318 e. The highest BCUT2D eigenvalue weighted by Gasteiger charge is 2.44. The van der Waals surface area contributed by atoms with Gasteiger partial charge in [-0.2, -0.15) is 0 Å². The molecule has 0 aromatic carbocycles. The molecule has 18 heavy (non-hydrogen) atoms. The molecule has 0 atom stereocenters. The molecular formula is C13H19FN2O2. The van der Waals surface area contributed by atoms with Gasteiger partial charge in [0.1, 0.15) is 11.2 Å². The van der Waals surface area contributed by atoms with Crippen LogP contribution in [0, 0.1) is 5.41 Å². The maximum Gasteiger partial charge on any atom is 0.318 e. The Bertz CT molecular complexity index is 384. The number of ether oxygens (including phenoxy) is 1. The Morgan fingerprint density at radius 2 is 2.17 bits per heavy atom. The highest BCUT2D eigenvalue weighted by Crippen LogP contribution is 2.38. The molecule has 0 unspecified atom stereocenters. The van der Waals surface area contributed by atoms with E-state index in [0.717, 1.165) is 18.8 Å². The molecule has 0 aromatic heterocycles. The van der Waals surface area contributed by atoms with E-state index in [1.807, 2.05) is 0 Å². The van der Waals surface area contributed by atoms with Crippen LogP contribution in [0.25, 0.3) is 0 Å². The molecule has 1 saturated heterocycles. The van der Waals surface area contributed by atoms with Crippen LogP contribution in [-0.2, 0) is 9.53 Å². The Morgan fingerprint density at radius 3 is 2.72 bits per heavy atom. The molecule has 0 radical (unpaired) electrons. The molecular weight excluding hydrogens is 235 g/mol. The number of hydrogen-bond acceptors (Lipinski definition) is 4. The van der Waals surface area contributed by atoms with Crippen molar-refractivity contribution in [3.8, 4) is 0 Å². The van der Waals surface area contributed by atoms with Crippen LogP contribution >= 0.6 is 0 Å². The second kappa shape index (κ2) is 5.52. The van der Waals surface area contributed by atoms with Crippen molar-refractivity contribution in [1.29, 1.82) is 0 Å². The van der Waals surface area contributed by atoms with E-state index < -0.39 is 5.41 Å². The minimum atomic E-state index is -0.640. The molecule has 0 amide bonds. The quantitative estimate of drug-likeness (QED) is 0.744.